The predicted octanol–water partition coefficient (Wildman–Crippen LogP) is 1.38. The van der Waals surface area contributed by atoms with Gasteiger partial charge in [-0.1, -0.05) is 0 Å². The van der Waals surface area contributed by atoms with Crippen LogP contribution in [0.3, 0.4) is 0 Å². The summed E-state index contributed by atoms with van der Waals surface area (Å²) in [4.78, 5) is 2.31. The molecule has 17 heavy (non-hydrogen) atoms. The fourth-order valence-corrected chi connectivity index (χ4v) is 2.45. The first-order chi connectivity index (χ1) is 7.76. The van der Waals surface area contributed by atoms with Gasteiger partial charge in [0, 0.05) is 25.7 Å². The Kier molecular flexibility index (Phi) is 4.54. The van der Waals surface area contributed by atoms with Gasteiger partial charge >= 0.3 is 0 Å². The van der Waals surface area contributed by atoms with E-state index in [9.17, 15) is 5.26 Å². The Balaban J connectivity index is 2.59. The van der Waals surface area contributed by atoms with Crippen LogP contribution in [-0.2, 0) is 4.74 Å². The Hall–Kier alpha value is -0.630. The molecule has 4 heteroatoms. The van der Waals surface area contributed by atoms with E-state index in [0.717, 1.165) is 26.2 Å². The van der Waals surface area contributed by atoms with Crippen molar-refractivity contribution in [1.82, 2.24) is 10.2 Å². The third kappa shape index (κ3) is 4.63. The molecule has 0 spiro atoms. The smallest absolute Gasteiger partial charge is 0.116 e. The van der Waals surface area contributed by atoms with E-state index >= 15 is 0 Å². The summed E-state index contributed by atoms with van der Waals surface area (Å²) in [5.41, 5.74) is -0.589. The monoisotopic (exact) mass is 239 g/mol. The molecule has 1 rings (SSSR count). The lowest BCUT2D eigenvalue weighted by atomic mass is 10.00. The predicted molar refractivity (Wildman–Crippen MR) is 68.8 cm³/mol. The Morgan fingerprint density at radius 3 is 2.65 bits per heavy atom. The Bertz CT molecular complexity index is 296. The van der Waals surface area contributed by atoms with Gasteiger partial charge in [-0.25, -0.2) is 0 Å². The van der Waals surface area contributed by atoms with E-state index in [1.165, 1.54) is 0 Å². The van der Waals surface area contributed by atoms with E-state index in [0.29, 0.717) is 6.04 Å². The Labute approximate surface area is 105 Å². The molecule has 0 radical (unpaired) electrons. The number of hydrogen-bond acceptors (Lipinski definition) is 4. The van der Waals surface area contributed by atoms with Crippen LogP contribution in [-0.4, -0.2) is 48.3 Å². The summed E-state index contributed by atoms with van der Waals surface area (Å²) in [5.74, 6) is 0. The fraction of sp³-hybridized carbons (Fsp3) is 0.923. The number of hydrogen-bond donors (Lipinski definition) is 1. The van der Waals surface area contributed by atoms with Crippen LogP contribution in [0.5, 0.6) is 0 Å². The molecule has 1 unspecified atom stereocenters. The molecule has 1 aliphatic rings. The summed E-state index contributed by atoms with van der Waals surface area (Å²) in [7, 11) is 0. The molecule has 1 heterocycles. The lowest BCUT2D eigenvalue weighted by Gasteiger charge is -2.41. The van der Waals surface area contributed by atoms with Crippen LogP contribution in [0.15, 0.2) is 0 Å². The van der Waals surface area contributed by atoms with Crippen molar-refractivity contribution in [3.63, 3.8) is 0 Å². The van der Waals surface area contributed by atoms with E-state index in [-0.39, 0.29) is 5.60 Å². The molecular weight excluding hydrogens is 214 g/mol. The van der Waals surface area contributed by atoms with Crippen molar-refractivity contribution < 1.29 is 4.74 Å². The largest absolute Gasteiger partial charge is 0.373 e. The second-order valence-corrected chi connectivity index (χ2v) is 6.06. The molecule has 0 saturated carbocycles. The number of rotatable bonds is 4. The summed E-state index contributed by atoms with van der Waals surface area (Å²) in [5, 5.41) is 12.7. The van der Waals surface area contributed by atoms with Crippen LogP contribution >= 0.6 is 0 Å². The van der Waals surface area contributed by atoms with E-state index in [1.807, 2.05) is 6.92 Å². The van der Waals surface area contributed by atoms with Gasteiger partial charge in [0.25, 0.3) is 0 Å². The summed E-state index contributed by atoms with van der Waals surface area (Å²) >= 11 is 0. The first kappa shape index (κ1) is 14.4. The Morgan fingerprint density at radius 1 is 1.53 bits per heavy atom. The highest BCUT2D eigenvalue weighted by Gasteiger charge is 2.33. The summed E-state index contributed by atoms with van der Waals surface area (Å²) in [6.07, 6.45) is 0. The molecule has 0 amide bonds. The maximum absolute atomic E-state index is 9.32. The molecule has 0 bridgehead atoms. The molecule has 98 valence electrons. The van der Waals surface area contributed by atoms with E-state index in [2.05, 4.69) is 44.0 Å². The van der Waals surface area contributed by atoms with E-state index < -0.39 is 5.54 Å². The summed E-state index contributed by atoms with van der Waals surface area (Å²) in [6.45, 7) is 13.6. The maximum atomic E-state index is 9.32. The average Bonchev–Trinajstić information content (AvgIpc) is 2.14. The molecule has 1 N–H and O–H groups in total. The van der Waals surface area contributed by atoms with Crippen LogP contribution in [0.1, 0.15) is 34.6 Å². The number of morpholine rings is 1. The molecule has 0 aromatic heterocycles. The Morgan fingerprint density at radius 2 is 2.18 bits per heavy atom. The number of ether oxygens (including phenoxy) is 1. The number of nitriles is 1. The quantitative estimate of drug-likeness (QED) is 0.805. The SMILES string of the molecule is CC(C)NC(C)(C#N)CN1CCOC(C)(C)C1. The zero-order valence-electron chi connectivity index (χ0n) is 11.7. The topological polar surface area (TPSA) is 48.3 Å². The van der Waals surface area contributed by atoms with E-state index in [4.69, 9.17) is 4.74 Å². The van der Waals surface area contributed by atoms with Gasteiger partial charge < -0.3 is 4.74 Å². The van der Waals surface area contributed by atoms with Crippen LogP contribution in [0.4, 0.5) is 0 Å². The number of nitrogens with zero attached hydrogens (tertiary/aromatic N) is 2. The average molecular weight is 239 g/mol. The molecule has 0 aromatic rings. The summed E-state index contributed by atoms with van der Waals surface area (Å²) < 4.78 is 5.68. The normalized spacial score (nSPS) is 24.3. The first-order valence-corrected chi connectivity index (χ1v) is 6.32. The first-order valence-electron chi connectivity index (χ1n) is 6.32. The maximum Gasteiger partial charge on any atom is 0.116 e. The molecule has 1 saturated heterocycles. The molecule has 1 atom stereocenters. The van der Waals surface area contributed by atoms with Crippen LogP contribution < -0.4 is 5.32 Å². The van der Waals surface area contributed by atoms with Gasteiger partial charge in [-0.3, -0.25) is 10.2 Å². The van der Waals surface area contributed by atoms with Crippen LogP contribution in [0, 0.1) is 11.3 Å². The molecule has 4 nitrogen and oxygen atoms in total. The molecule has 0 aliphatic carbocycles. The zero-order valence-corrected chi connectivity index (χ0v) is 11.7. The molecular formula is C13H25N3O. The van der Waals surface area contributed by atoms with Crippen molar-refractivity contribution in [2.75, 3.05) is 26.2 Å². The minimum atomic E-state index is -0.485. The molecule has 0 aromatic carbocycles. The second-order valence-electron chi connectivity index (χ2n) is 6.06. The van der Waals surface area contributed by atoms with Gasteiger partial charge in [0.1, 0.15) is 5.54 Å². The van der Waals surface area contributed by atoms with E-state index in [1.54, 1.807) is 0 Å². The minimum absolute atomic E-state index is 0.105. The minimum Gasteiger partial charge on any atom is -0.373 e. The third-order valence-electron chi connectivity index (χ3n) is 2.90. The van der Waals surface area contributed by atoms with Crippen molar-refractivity contribution in [3.8, 4) is 6.07 Å². The van der Waals surface area contributed by atoms with Gasteiger partial charge in [0.05, 0.1) is 18.3 Å². The lowest BCUT2D eigenvalue weighted by molar-refractivity contribution is -0.0891. The van der Waals surface area contributed by atoms with Gasteiger partial charge in [-0.05, 0) is 34.6 Å². The molecule has 1 fully saturated rings. The highest BCUT2D eigenvalue weighted by molar-refractivity contribution is 5.07. The highest BCUT2D eigenvalue weighted by Crippen LogP contribution is 2.18. The van der Waals surface area contributed by atoms with Gasteiger partial charge in [0.2, 0.25) is 0 Å². The highest BCUT2D eigenvalue weighted by atomic mass is 16.5. The van der Waals surface area contributed by atoms with Gasteiger partial charge in [0.15, 0.2) is 0 Å². The lowest BCUT2D eigenvalue weighted by Crippen LogP contribution is -2.57. The van der Waals surface area contributed by atoms with Crippen molar-refractivity contribution in [2.24, 2.45) is 0 Å². The third-order valence-corrected chi connectivity index (χ3v) is 2.90. The van der Waals surface area contributed by atoms with Crippen molar-refractivity contribution in [2.45, 2.75) is 51.8 Å². The van der Waals surface area contributed by atoms with Crippen molar-refractivity contribution in [3.05, 3.63) is 0 Å². The number of nitrogens with one attached hydrogen (secondary N) is 1. The molecule has 1 aliphatic heterocycles. The van der Waals surface area contributed by atoms with Crippen molar-refractivity contribution >= 4 is 0 Å². The second kappa shape index (κ2) is 5.34. The standard InChI is InChI=1S/C13H25N3O/c1-11(2)15-13(5,8-14)10-16-6-7-17-12(3,4)9-16/h11,15H,6-7,9-10H2,1-5H3. The van der Waals surface area contributed by atoms with Crippen LogP contribution in [0.25, 0.3) is 0 Å². The van der Waals surface area contributed by atoms with Crippen molar-refractivity contribution in [1.29, 1.82) is 5.26 Å². The van der Waals surface area contributed by atoms with Gasteiger partial charge in [-0.2, -0.15) is 5.26 Å². The zero-order chi connectivity index (χ0) is 13.1. The van der Waals surface area contributed by atoms with Crippen LogP contribution in [0.2, 0.25) is 0 Å². The van der Waals surface area contributed by atoms with Gasteiger partial charge in [-0.15, -0.1) is 0 Å². The fourth-order valence-electron chi connectivity index (χ4n) is 2.45. The summed E-state index contributed by atoms with van der Waals surface area (Å²) in [6, 6.07) is 2.70.